The summed E-state index contributed by atoms with van der Waals surface area (Å²) in [5.74, 6) is 0. The van der Waals surface area contributed by atoms with Crippen LogP contribution in [0.1, 0.15) is 13.3 Å². The Morgan fingerprint density at radius 2 is 2.04 bits per heavy atom. The van der Waals surface area contributed by atoms with E-state index in [-0.39, 0.29) is 11.6 Å². The number of carbonyl (C=O) groups excluding carboxylic acids is 1. The molecule has 0 aliphatic carbocycles. The molecule has 2 amide bonds. The largest absolute Gasteiger partial charge is 0.350 e. The zero-order valence-corrected chi connectivity index (χ0v) is 15.7. The number of anilines is 1. The minimum atomic E-state index is -0.274. The van der Waals surface area contributed by atoms with Crippen molar-refractivity contribution in [2.45, 2.75) is 13.3 Å². The van der Waals surface area contributed by atoms with E-state index in [9.17, 15) is 9.59 Å². The highest BCUT2D eigenvalue weighted by Gasteiger charge is 2.14. The van der Waals surface area contributed by atoms with E-state index in [2.05, 4.69) is 20.6 Å². The monoisotopic (exact) mass is 375 g/mol. The molecule has 0 radical (unpaired) electrons. The van der Waals surface area contributed by atoms with E-state index < -0.39 is 0 Å². The number of fused-ring (bicyclic) bond motifs is 2. The highest BCUT2D eigenvalue weighted by Crippen LogP contribution is 2.28. The first-order valence-electron chi connectivity index (χ1n) is 9.20. The first-order chi connectivity index (χ1) is 13.6. The molecule has 0 saturated heterocycles. The summed E-state index contributed by atoms with van der Waals surface area (Å²) in [7, 11) is 1.95. The molecule has 0 unspecified atom stereocenters. The molecule has 0 aliphatic heterocycles. The number of aromatic nitrogens is 3. The standard InChI is InChI=1S/C21H21N5O2/c1-3-10-22-21(28)23-13-8-9-16-17(11-13)25-20(27)19(24-16)15-12-26(2)18-7-5-4-6-14(15)18/h4-9,11-12H,3,10H2,1-2H3,(H,25,27)(H2,22,23,28). The van der Waals surface area contributed by atoms with Gasteiger partial charge >= 0.3 is 6.03 Å². The quantitative estimate of drug-likeness (QED) is 0.509. The maximum atomic E-state index is 12.7. The lowest BCUT2D eigenvalue weighted by atomic mass is 10.1. The number of H-pyrrole nitrogens is 1. The number of rotatable bonds is 4. The molecule has 2 heterocycles. The summed E-state index contributed by atoms with van der Waals surface area (Å²) in [6.45, 7) is 2.59. The average molecular weight is 375 g/mol. The normalized spacial score (nSPS) is 11.1. The van der Waals surface area contributed by atoms with Crippen molar-refractivity contribution in [3.63, 3.8) is 0 Å². The first kappa shape index (κ1) is 17.8. The fourth-order valence-electron chi connectivity index (χ4n) is 3.29. The molecule has 0 aliphatic rings. The number of nitrogens with zero attached hydrogens (tertiary/aromatic N) is 2. The van der Waals surface area contributed by atoms with E-state index in [1.165, 1.54) is 0 Å². The lowest BCUT2D eigenvalue weighted by Gasteiger charge is -2.08. The fourth-order valence-corrected chi connectivity index (χ4v) is 3.29. The maximum absolute atomic E-state index is 12.7. The van der Waals surface area contributed by atoms with Gasteiger partial charge in [-0.05, 0) is 30.7 Å². The average Bonchev–Trinajstić information content (AvgIpc) is 3.02. The Kier molecular flexibility index (Phi) is 4.57. The molecular formula is C21H21N5O2. The molecular weight excluding hydrogens is 354 g/mol. The molecule has 0 fully saturated rings. The van der Waals surface area contributed by atoms with E-state index in [4.69, 9.17) is 0 Å². The van der Waals surface area contributed by atoms with Gasteiger partial charge in [0.25, 0.3) is 5.56 Å². The Balaban J connectivity index is 1.74. The van der Waals surface area contributed by atoms with Gasteiger partial charge in [0.2, 0.25) is 0 Å². The molecule has 0 spiro atoms. The molecule has 4 aromatic rings. The van der Waals surface area contributed by atoms with Gasteiger partial charge in [-0.15, -0.1) is 0 Å². The number of nitrogens with one attached hydrogen (secondary N) is 3. The van der Waals surface area contributed by atoms with Gasteiger partial charge in [-0.1, -0.05) is 25.1 Å². The topological polar surface area (TPSA) is 91.8 Å². The van der Waals surface area contributed by atoms with Crippen LogP contribution in [0.2, 0.25) is 0 Å². The van der Waals surface area contributed by atoms with Gasteiger partial charge in [0.15, 0.2) is 0 Å². The van der Waals surface area contributed by atoms with Gasteiger partial charge in [-0.3, -0.25) is 4.79 Å². The van der Waals surface area contributed by atoms with Crippen molar-refractivity contribution in [1.82, 2.24) is 19.9 Å². The summed E-state index contributed by atoms with van der Waals surface area (Å²) in [5.41, 5.74) is 3.77. The number of hydrogen-bond acceptors (Lipinski definition) is 3. The van der Waals surface area contributed by atoms with Crippen molar-refractivity contribution in [3.05, 3.63) is 59.0 Å². The molecule has 0 bridgehead atoms. The van der Waals surface area contributed by atoms with Gasteiger partial charge in [0.05, 0.1) is 11.0 Å². The van der Waals surface area contributed by atoms with Gasteiger partial charge < -0.3 is 20.2 Å². The zero-order chi connectivity index (χ0) is 19.7. The lowest BCUT2D eigenvalue weighted by Crippen LogP contribution is -2.29. The number of urea groups is 1. The smallest absolute Gasteiger partial charge is 0.319 e. The Bertz CT molecular complexity index is 1240. The van der Waals surface area contributed by atoms with Crippen molar-refractivity contribution in [2.75, 3.05) is 11.9 Å². The summed E-state index contributed by atoms with van der Waals surface area (Å²) in [4.78, 5) is 32.0. The second-order valence-electron chi connectivity index (χ2n) is 6.70. The van der Waals surface area contributed by atoms with Crippen LogP contribution in [-0.4, -0.2) is 27.1 Å². The molecule has 7 heteroatoms. The Labute approximate surface area is 161 Å². The minimum Gasteiger partial charge on any atom is -0.350 e. The van der Waals surface area contributed by atoms with Crippen LogP contribution in [0.15, 0.2) is 53.5 Å². The summed E-state index contributed by atoms with van der Waals surface area (Å²) < 4.78 is 1.98. The Hall–Kier alpha value is -3.61. The van der Waals surface area contributed by atoms with Crippen LogP contribution in [0.25, 0.3) is 33.2 Å². The van der Waals surface area contributed by atoms with Crippen LogP contribution >= 0.6 is 0 Å². The van der Waals surface area contributed by atoms with Crippen LogP contribution in [0.5, 0.6) is 0 Å². The maximum Gasteiger partial charge on any atom is 0.319 e. The highest BCUT2D eigenvalue weighted by molar-refractivity contribution is 5.96. The second kappa shape index (κ2) is 7.19. The van der Waals surface area contributed by atoms with Gasteiger partial charge in [-0.2, -0.15) is 0 Å². The van der Waals surface area contributed by atoms with Crippen molar-refractivity contribution in [1.29, 1.82) is 0 Å². The Morgan fingerprint density at radius 3 is 2.86 bits per heavy atom. The third kappa shape index (κ3) is 3.22. The van der Waals surface area contributed by atoms with E-state index in [0.717, 1.165) is 22.9 Å². The SMILES string of the molecule is CCCNC(=O)Nc1ccc2nc(-c3cn(C)c4ccccc34)c(=O)[nH]c2c1. The van der Waals surface area contributed by atoms with Crippen molar-refractivity contribution in [2.24, 2.45) is 7.05 Å². The molecule has 28 heavy (non-hydrogen) atoms. The van der Waals surface area contributed by atoms with Crippen LogP contribution in [0, 0.1) is 0 Å². The van der Waals surface area contributed by atoms with Crippen molar-refractivity contribution < 1.29 is 4.79 Å². The summed E-state index contributed by atoms with van der Waals surface area (Å²) >= 11 is 0. The number of carbonyl (C=O) groups is 1. The highest BCUT2D eigenvalue weighted by atomic mass is 16.2. The number of aryl methyl sites for hydroxylation is 1. The van der Waals surface area contributed by atoms with Gasteiger partial charge in [0, 0.05) is 41.9 Å². The number of amides is 2. The van der Waals surface area contributed by atoms with Crippen molar-refractivity contribution >= 4 is 33.7 Å². The minimum absolute atomic E-state index is 0.267. The molecule has 2 aromatic heterocycles. The third-order valence-corrected chi connectivity index (χ3v) is 4.64. The predicted molar refractivity (Wildman–Crippen MR) is 112 cm³/mol. The van der Waals surface area contributed by atoms with Gasteiger partial charge in [-0.25, -0.2) is 9.78 Å². The van der Waals surface area contributed by atoms with E-state index >= 15 is 0 Å². The van der Waals surface area contributed by atoms with Crippen LogP contribution in [-0.2, 0) is 7.05 Å². The fraction of sp³-hybridized carbons (Fsp3) is 0.190. The van der Waals surface area contributed by atoms with E-state index in [1.807, 2.05) is 49.0 Å². The number of aromatic amines is 1. The number of benzene rings is 2. The number of para-hydroxylation sites is 1. The molecule has 0 saturated carbocycles. The summed E-state index contributed by atoms with van der Waals surface area (Å²) in [5, 5.41) is 6.49. The molecule has 4 rings (SSSR count). The van der Waals surface area contributed by atoms with E-state index in [0.29, 0.717) is 29.0 Å². The summed E-state index contributed by atoms with van der Waals surface area (Å²) in [6.07, 6.45) is 2.78. The van der Waals surface area contributed by atoms with Crippen LogP contribution in [0.4, 0.5) is 10.5 Å². The third-order valence-electron chi connectivity index (χ3n) is 4.64. The van der Waals surface area contributed by atoms with Crippen LogP contribution in [0.3, 0.4) is 0 Å². The van der Waals surface area contributed by atoms with Crippen molar-refractivity contribution in [3.8, 4) is 11.3 Å². The molecule has 142 valence electrons. The number of hydrogen-bond donors (Lipinski definition) is 3. The van der Waals surface area contributed by atoms with E-state index in [1.54, 1.807) is 18.2 Å². The predicted octanol–water partition coefficient (Wildman–Crippen LogP) is 3.61. The second-order valence-corrected chi connectivity index (χ2v) is 6.70. The molecule has 2 aromatic carbocycles. The first-order valence-corrected chi connectivity index (χ1v) is 9.20. The zero-order valence-electron chi connectivity index (χ0n) is 15.7. The van der Waals surface area contributed by atoms with Gasteiger partial charge in [0.1, 0.15) is 5.69 Å². The molecule has 3 N–H and O–H groups in total. The molecule has 0 atom stereocenters. The van der Waals surface area contributed by atoms with Crippen LogP contribution < -0.4 is 16.2 Å². The summed E-state index contributed by atoms with van der Waals surface area (Å²) in [6, 6.07) is 12.9. The lowest BCUT2D eigenvalue weighted by molar-refractivity contribution is 0.252. The Morgan fingerprint density at radius 1 is 1.21 bits per heavy atom. The molecule has 7 nitrogen and oxygen atoms in total.